The fourth-order valence-corrected chi connectivity index (χ4v) is 10.7. The van der Waals surface area contributed by atoms with Crippen LogP contribution < -0.4 is 21.3 Å². The van der Waals surface area contributed by atoms with Gasteiger partial charge in [-0.15, -0.1) is 0 Å². The fourth-order valence-electron chi connectivity index (χ4n) is 10.7. The molecule has 0 radical (unpaired) electrons. The molecule has 1 saturated heterocycles. The van der Waals surface area contributed by atoms with Gasteiger partial charge in [-0.05, 0) is 94.3 Å². The van der Waals surface area contributed by atoms with Crippen molar-refractivity contribution in [3.8, 4) is 0 Å². The minimum Gasteiger partial charge on any atom is -0.343 e. The van der Waals surface area contributed by atoms with Gasteiger partial charge in [-0.25, -0.2) is 0 Å². The zero-order chi connectivity index (χ0) is 66.8. The lowest BCUT2D eigenvalue weighted by Gasteiger charge is -2.41. The van der Waals surface area contributed by atoms with Crippen LogP contribution in [0.15, 0.2) is 12.2 Å². The van der Waals surface area contributed by atoms with Crippen molar-refractivity contribution >= 4 is 70.8 Å². The molecule has 86 heavy (non-hydrogen) atoms. The van der Waals surface area contributed by atoms with Crippen molar-refractivity contribution in [2.75, 3.05) is 55.9 Å². The van der Waals surface area contributed by atoms with E-state index >= 15 is 9.59 Å². The van der Waals surface area contributed by atoms with Crippen molar-refractivity contribution in [2.24, 2.45) is 47.3 Å². The molecule has 23 nitrogen and oxygen atoms in total. The van der Waals surface area contributed by atoms with Crippen LogP contribution in [0.5, 0.6) is 0 Å². The topological polar surface area (TPSA) is 276 Å². The maximum absolute atomic E-state index is 15.2. The monoisotopic (exact) mass is 1210 g/mol. The highest BCUT2D eigenvalue weighted by Gasteiger charge is 2.46. The zero-order valence-electron chi connectivity index (χ0n) is 56.8. The van der Waals surface area contributed by atoms with Gasteiger partial charge in [0.15, 0.2) is 11.8 Å². The third kappa shape index (κ3) is 21.5. The van der Waals surface area contributed by atoms with Gasteiger partial charge in [0, 0.05) is 55.3 Å². The number of carbonyl (C=O) groups excluding carboxylic acids is 12. The SMILES string of the molecule is CC=CCC(C)C(=O)[C@@H]1C(=O)NC(C(C)C)C(=O)N(C)CC(=O)N(C)C(CC(C)C)C(=O)NC(C(C)C)C(=O)N(C)C(CC(C)C)C(=O)NC(C)C(=O)NC(C)C(=O)N(C)C(CC(C)C)C(=O)N(C)C(CC(C)C)C(=O)N(C)C(C(C)C)C(=O)N1C. The first-order valence-corrected chi connectivity index (χ1v) is 30.8. The van der Waals surface area contributed by atoms with Crippen LogP contribution in [0, 0.1) is 47.3 Å². The van der Waals surface area contributed by atoms with Gasteiger partial charge in [-0.3, -0.25) is 57.5 Å². The number of hydrogen-bond acceptors (Lipinski definition) is 12. The summed E-state index contributed by atoms with van der Waals surface area (Å²) < 4.78 is 0. The Bertz CT molecular complexity index is 2410. The number of allylic oxidation sites excluding steroid dienone is 2. The van der Waals surface area contributed by atoms with Crippen LogP contribution in [-0.2, 0) is 57.5 Å². The van der Waals surface area contributed by atoms with Crippen molar-refractivity contribution in [2.45, 2.75) is 217 Å². The van der Waals surface area contributed by atoms with Crippen LogP contribution in [-0.4, -0.2) is 221 Å². The Morgan fingerprint density at radius 3 is 1.26 bits per heavy atom. The van der Waals surface area contributed by atoms with Gasteiger partial charge in [0.05, 0.1) is 6.54 Å². The molecule has 11 amide bonds. The van der Waals surface area contributed by atoms with E-state index in [1.807, 2.05) is 55.4 Å². The van der Waals surface area contributed by atoms with Crippen LogP contribution in [0.25, 0.3) is 0 Å². The van der Waals surface area contributed by atoms with Crippen molar-refractivity contribution in [3.05, 3.63) is 12.2 Å². The number of rotatable bonds is 15. The molecule has 1 rings (SSSR count). The molecule has 0 aromatic rings. The Hall–Kier alpha value is -6.42. The van der Waals surface area contributed by atoms with Crippen LogP contribution in [0.2, 0.25) is 0 Å². The van der Waals surface area contributed by atoms with Gasteiger partial charge in [0.25, 0.3) is 5.91 Å². The van der Waals surface area contributed by atoms with Crippen LogP contribution in [0.3, 0.4) is 0 Å². The molecule has 0 aliphatic carbocycles. The third-order valence-electron chi connectivity index (χ3n) is 16.1. The van der Waals surface area contributed by atoms with E-state index in [2.05, 4.69) is 21.3 Å². The third-order valence-corrected chi connectivity index (χ3v) is 16.1. The van der Waals surface area contributed by atoms with Gasteiger partial charge in [0.2, 0.25) is 59.1 Å². The van der Waals surface area contributed by atoms with E-state index in [0.717, 1.165) is 9.80 Å². The maximum atomic E-state index is 15.2. The van der Waals surface area contributed by atoms with Crippen LogP contribution >= 0.6 is 0 Å². The highest BCUT2D eigenvalue weighted by molar-refractivity contribution is 6.10. The molecule has 10 unspecified atom stereocenters. The molecule has 1 heterocycles. The quantitative estimate of drug-likeness (QED) is 0.135. The van der Waals surface area contributed by atoms with Crippen molar-refractivity contribution in [1.82, 2.24) is 55.6 Å². The number of nitrogens with one attached hydrogen (secondary N) is 4. The number of amides is 11. The van der Waals surface area contributed by atoms with E-state index in [1.54, 1.807) is 67.5 Å². The van der Waals surface area contributed by atoms with Gasteiger partial charge in [-0.2, -0.15) is 0 Å². The molecule has 0 aromatic carbocycles. The van der Waals surface area contributed by atoms with Gasteiger partial charge in [-0.1, -0.05) is 116 Å². The lowest BCUT2D eigenvalue weighted by atomic mass is 9.92. The smallest absolute Gasteiger partial charge is 0.251 e. The standard InChI is InChI=1S/C63H111N11O12/c1-26-27-28-41(16)53(76)52-57(80)67-49(38(10)11)61(84)68(19)33-48(75)69(20)44(29-34(2)3)56(79)66-50(39(12)13)62(85)70(21)45(30-35(4)5)55(78)64-42(17)54(77)65-43(18)58(81)71(22)46(31-36(6)7)59(82)72(23)47(32-37(8)9)60(83)73(24)51(40(14)15)63(86)74(52)25/h26-27,34-47,49-52H,28-33H2,1-25H3,(H,64,78)(H,65,77)(H,66,79)(H,67,80)/t41?,42?,43?,44?,45?,46?,47?,49?,50?,51?,52-/m1/s1. The second kappa shape index (κ2) is 34.8. The molecule has 23 heteroatoms. The summed E-state index contributed by atoms with van der Waals surface area (Å²) in [5.74, 6) is -11.6. The van der Waals surface area contributed by atoms with E-state index in [4.69, 9.17) is 0 Å². The number of likely N-dealkylation sites (N-methyl/N-ethyl adjacent to an activating group) is 7. The van der Waals surface area contributed by atoms with Crippen molar-refractivity contribution in [3.63, 3.8) is 0 Å². The zero-order valence-corrected chi connectivity index (χ0v) is 56.8. The minimum absolute atomic E-state index is 0.128. The number of ketones is 1. The largest absolute Gasteiger partial charge is 0.343 e. The molecule has 4 N–H and O–H groups in total. The molecule has 1 fully saturated rings. The summed E-state index contributed by atoms with van der Waals surface area (Å²) in [4.78, 5) is 183. The summed E-state index contributed by atoms with van der Waals surface area (Å²) >= 11 is 0. The highest BCUT2D eigenvalue weighted by Crippen LogP contribution is 2.25. The minimum atomic E-state index is -1.82. The Morgan fingerprint density at radius 1 is 0.430 bits per heavy atom. The fraction of sp³-hybridized carbons (Fsp3) is 0.778. The first-order valence-electron chi connectivity index (χ1n) is 30.8. The van der Waals surface area contributed by atoms with E-state index in [1.165, 1.54) is 87.7 Å². The summed E-state index contributed by atoms with van der Waals surface area (Å²) in [5, 5.41) is 11.0. The van der Waals surface area contributed by atoms with Crippen molar-refractivity contribution in [1.29, 1.82) is 0 Å². The highest BCUT2D eigenvalue weighted by atomic mass is 16.2. The predicted molar refractivity (Wildman–Crippen MR) is 332 cm³/mol. The number of Topliss-reactive ketones (excluding diaryl/α,β-unsaturated/α-hetero) is 1. The first kappa shape index (κ1) is 77.6. The summed E-state index contributed by atoms with van der Waals surface area (Å²) in [6.45, 7) is 30.8. The predicted octanol–water partition coefficient (Wildman–Crippen LogP) is 3.72. The molecular formula is C63H111N11O12. The summed E-state index contributed by atoms with van der Waals surface area (Å²) in [5.41, 5.74) is 0. The van der Waals surface area contributed by atoms with Crippen LogP contribution in [0.1, 0.15) is 157 Å². The molecule has 11 atom stereocenters. The normalized spacial score (nSPS) is 26.4. The molecule has 0 saturated carbocycles. The average molecular weight is 1210 g/mol. The molecule has 490 valence electrons. The Kier molecular flexibility index (Phi) is 31.4. The molecular weight excluding hydrogens is 1100 g/mol. The number of hydrogen-bond donors (Lipinski definition) is 4. The van der Waals surface area contributed by atoms with E-state index in [9.17, 15) is 47.9 Å². The lowest BCUT2D eigenvalue weighted by Crippen LogP contribution is -2.63. The lowest BCUT2D eigenvalue weighted by molar-refractivity contribution is -0.157. The maximum Gasteiger partial charge on any atom is 0.251 e. The van der Waals surface area contributed by atoms with Gasteiger partial charge < -0.3 is 55.6 Å². The Morgan fingerprint density at radius 2 is 0.814 bits per heavy atom. The number of nitrogens with zero attached hydrogens (tertiary/aromatic N) is 7. The van der Waals surface area contributed by atoms with E-state index in [-0.39, 0.29) is 55.8 Å². The summed E-state index contributed by atoms with van der Waals surface area (Å²) in [7, 11) is 9.80. The van der Waals surface area contributed by atoms with Crippen LogP contribution in [0.4, 0.5) is 0 Å². The molecule has 0 bridgehead atoms. The Labute approximate surface area is 514 Å². The molecule has 1 aliphatic rings. The van der Waals surface area contributed by atoms with E-state index in [0.29, 0.717) is 0 Å². The molecule has 1 aliphatic heterocycles. The average Bonchev–Trinajstić information content (AvgIpc) is 2.16. The van der Waals surface area contributed by atoms with Crippen molar-refractivity contribution < 1.29 is 57.5 Å². The summed E-state index contributed by atoms with van der Waals surface area (Å²) in [6, 6.07) is -12.7. The van der Waals surface area contributed by atoms with Gasteiger partial charge >= 0.3 is 0 Å². The first-order chi connectivity index (χ1) is 39.6. The molecule has 0 spiro atoms. The van der Waals surface area contributed by atoms with E-state index < -0.39 is 161 Å². The second-order valence-electron chi connectivity index (χ2n) is 26.6. The van der Waals surface area contributed by atoms with Gasteiger partial charge in [0.1, 0.15) is 54.4 Å². The summed E-state index contributed by atoms with van der Waals surface area (Å²) in [6.07, 6.45) is 4.28. The number of carbonyl (C=O) groups is 12. The molecule has 0 aromatic heterocycles. The Balaban J connectivity index is 4.37. The second-order valence-corrected chi connectivity index (χ2v) is 26.6.